The predicted octanol–water partition coefficient (Wildman–Crippen LogP) is 5.88. The van der Waals surface area contributed by atoms with Crippen LogP contribution in [-0.4, -0.2) is 28.8 Å². The summed E-state index contributed by atoms with van der Waals surface area (Å²) >= 11 is 12.1. The molecule has 2 aromatic carbocycles. The maximum Gasteiger partial charge on any atom is 0.333 e. The van der Waals surface area contributed by atoms with Crippen molar-refractivity contribution in [2.45, 2.75) is 39.9 Å². The van der Waals surface area contributed by atoms with Crippen LogP contribution in [0.5, 0.6) is 5.75 Å². The van der Waals surface area contributed by atoms with E-state index >= 15 is 0 Å². The number of aromatic nitrogens is 1. The molecule has 1 N–H and O–H groups in total. The van der Waals surface area contributed by atoms with Gasteiger partial charge in [0.15, 0.2) is 6.10 Å². The lowest BCUT2D eigenvalue weighted by molar-refractivity contribution is -0.149. The second-order valence-electron chi connectivity index (χ2n) is 7.04. The summed E-state index contributed by atoms with van der Waals surface area (Å²) in [6.07, 6.45) is -0.574. The van der Waals surface area contributed by atoms with Crippen LogP contribution in [-0.2, 0) is 22.6 Å². The third-order valence-electron chi connectivity index (χ3n) is 4.74. The minimum Gasteiger partial charge on any atom is -0.487 e. The average Bonchev–Trinajstić information content (AvgIpc) is 3.07. The van der Waals surface area contributed by atoms with E-state index in [9.17, 15) is 9.90 Å². The van der Waals surface area contributed by atoms with E-state index in [1.165, 1.54) is 0 Å². The summed E-state index contributed by atoms with van der Waals surface area (Å²) in [4.78, 5) is 15.8. The van der Waals surface area contributed by atoms with E-state index in [0.29, 0.717) is 51.7 Å². The molecule has 1 unspecified atom stereocenters. The van der Waals surface area contributed by atoms with E-state index in [4.69, 9.17) is 37.1 Å². The first-order valence-corrected chi connectivity index (χ1v) is 10.5. The van der Waals surface area contributed by atoms with Crippen molar-refractivity contribution in [3.63, 3.8) is 0 Å². The smallest absolute Gasteiger partial charge is 0.333 e. The molecule has 0 bridgehead atoms. The number of benzene rings is 2. The van der Waals surface area contributed by atoms with E-state index in [-0.39, 0.29) is 6.61 Å². The number of halogens is 2. The van der Waals surface area contributed by atoms with Crippen LogP contribution in [0.4, 0.5) is 0 Å². The number of rotatable bonds is 9. The lowest BCUT2D eigenvalue weighted by Crippen LogP contribution is -2.26. The van der Waals surface area contributed by atoms with Crippen LogP contribution < -0.4 is 4.74 Å². The largest absolute Gasteiger partial charge is 0.487 e. The number of carboxylic acids is 1. The summed E-state index contributed by atoms with van der Waals surface area (Å²) < 4.78 is 16.9. The Morgan fingerprint density at radius 1 is 1.16 bits per heavy atom. The van der Waals surface area contributed by atoms with Crippen LogP contribution in [0.25, 0.3) is 11.5 Å². The molecular formula is C23H23Cl2NO5. The predicted molar refractivity (Wildman–Crippen MR) is 119 cm³/mol. The van der Waals surface area contributed by atoms with Gasteiger partial charge in [0.2, 0.25) is 5.89 Å². The fourth-order valence-corrected chi connectivity index (χ4v) is 3.65. The van der Waals surface area contributed by atoms with E-state index < -0.39 is 12.1 Å². The van der Waals surface area contributed by atoms with Crippen molar-refractivity contribution in [3.05, 3.63) is 69.0 Å². The van der Waals surface area contributed by atoms with E-state index in [0.717, 1.165) is 11.1 Å². The Hall–Kier alpha value is -2.54. The quantitative estimate of drug-likeness (QED) is 0.426. The molecule has 164 valence electrons. The summed E-state index contributed by atoms with van der Waals surface area (Å²) in [5.74, 6) is 0.738. The van der Waals surface area contributed by atoms with Gasteiger partial charge >= 0.3 is 5.97 Å². The monoisotopic (exact) mass is 463 g/mol. The molecule has 0 aliphatic carbocycles. The Morgan fingerprint density at radius 2 is 1.87 bits per heavy atom. The SMILES string of the molecule is CCOC(Cc1ccc(OCc2nc(-c3cc(Cl)cc(Cl)c3)oc2C)cc1C)C(=O)O. The number of aryl methyl sites for hydroxylation is 2. The first kappa shape index (κ1) is 23.1. The second-order valence-corrected chi connectivity index (χ2v) is 7.92. The summed E-state index contributed by atoms with van der Waals surface area (Å²) in [7, 11) is 0. The number of nitrogens with zero attached hydrogens (tertiary/aromatic N) is 1. The minimum atomic E-state index is -0.972. The van der Waals surface area contributed by atoms with Gasteiger partial charge in [0.25, 0.3) is 0 Å². The average molecular weight is 464 g/mol. The van der Waals surface area contributed by atoms with Crippen molar-refractivity contribution in [1.82, 2.24) is 4.98 Å². The van der Waals surface area contributed by atoms with Gasteiger partial charge < -0.3 is 19.0 Å². The van der Waals surface area contributed by atoms with Gasteiger partial charge in [-0.15, -0.1) is 0 Å². The lowest BCUT2D eigenvalue weighted by atomic mass is 10.0. The standard InChI is InChI=1S/C23H23Cl2NO5/c1-4-29-21(23(27)28)10-15-5-6-19(7-13(15)2)30-12-20-14(3)31-22(26-20)16-8-17(24)11-18(25)9-16/h5-9,11,21H,4,10,12H2,1-3H3,(H,27,28). The van der Waals surface area contributed by atoms with Crippen LogP contribution in [0.3, 0.4) is 0 Å². The van der Waals surface area contributed by atoms with Crippen molar-refractivity contribution in [2.75, 3.05) is 6.61 Å². The van der Waals surface area contributed by atoms with Crippen molar-refractivity contribution in [1.29, 1.82) is 0 Å². The number of ether oxygens (including phenoxy) is 2. The topological polar surface area (TPSA) is 81.8 Å². The molecular weight excluding hydrogens is 441 g/mol. The first-order chi connectivity index (χ1) is 14.8. The van der Waals surface area contributed by atoms with Gasteiger partial charge in [-0.25, -0.2) is 9.78 Å². The van der Waals surface area contributed by atoms with Crippen LogP contribution in [0.2, 0.25) is 10.0 Å². The fraction of sp³-hybridized carbons (Fsp3) is 0.304. The number of hydrogen-bond acceptors (Lipinski definition) is 5. The van der Waals surface area contributed by atoms with Crippen LogP contribution >= 0.6 is 23.2 Å². The van der Waals surface area contributed by atoms with Crippen molar-refractivity contribution in [3.8, 4) is 17.2 Å². The van der Waals surface area contributed by atoms with E-state index in [2.05, 4.69) is 4.98 Å². The van der Waals surface area contributed by atoms with Crippen LogP contribution in [0.1, 0.15) is 29.5 Å². The summed E-state index contributed by atoms with van der Waals surface area (Å²) in [6, 6.07) is 10.6. The highest BCUT2D eigenvalue weighted by Gasteiger charge is 2.19. The van der Waals surface area contributed by atoms with Gasteiger partial charge in [0.1, 0.15) is 23.8 Å². The minimum absolute atomic E-state index is 0.221. The molecule has 0 fully saturated rings. The molecule has 1 heterocycles. The number of hydrogen-bond donors (Lipinski definition) is 1. The molecule has 0 saturated carbocycles. The van der Waals surface area contributed by atoms with Gasteiger partial charge in [-0.3, -0.25) is 0 Å². The molecule has 1 atom stereocenters. The lowest BCUT2D eigenvalue weighted by Gasteiger charge is -2.15. The number of oxazole rings is 1. The molecule has 0 radical (unpaired) electrons. The number of aliphatic carboxylic acids is 1. The zero-order chi connectivity index (χ0) is 22.5. The zero-order valence-corrected chi connectivity index (χ0v) is 19.0. The Balaban J connectivity index is 1.69. The molecule has 1 aromatic heterocycles. The van der Waals surface area contributed by atoms with Gasteiger partial charge in [-0.1, -0.05) is 29.3 Å². The molecule has 0 saturated heterocycles. The van der Waals surface area contributed by atoms with Crippen molar-refractivity contribution >= 4 is 29.2 Å². The number of carboxylic acid groups (broad SMARTS) is 1. The highest BCUT2D eigenvalue weighted by molar-refractivity contribution is 6.35. The summed E-state index contributed by atoms with van der Waals surface area (Å²) in [6.45, 7) is 6.07. The summed E-state index contributed by atoms with van der Waals surface area (Å²) in [5.41, 5.74) is 3.17. The third kappa shape index (κ3) is 6.00. The molecule has 0 aliphatic heterocycles. The Labute approximate surface area is 190 Å². The van der Waals surface area contributed by atoms with Crippen LogP contribution in [0, 0.1) is 13.8 Å². The van der Waals surface area contributed by atoms with Gasteiger partial charge in [-0.05, 0) is 62.2 Å². The zero-order valence-electron chi connectivity index (χ0n) is 17.4. The van der Waals surface area contributed by atoms with Crippen LogP contribution in [0.15, 0.2) is 40.8 Å². The van der Waals surface area contributed by atoms with Crippen molar-refractivity contribution < 1.29 is 23.8 Å². The van der Waals surface area contributed by atoms with Gasteiger partial charge in [0, 0.05) is 28.6 Å². The molecule has 3 rings (SSSR count). The maximum atomic E-state index is 11.3. The number of carbonyl (C=O) groups is 1. The normalized spacial score (nSPS) is 12.0. The maximum absolute atomic E-state index is 11.3. The molecule has 3 aromatic rings. The third-order valence-corrected chi connectivity index (χ3v) is 5.18. The highest BCUT2D eigenvalue weighted by atomic mass is 35.5. The van der Waals surface area contributed by atoms with Gasteiger partial charge in [0.05, 0.1) is 0 Å². The molecule has 31 heavy (non-hydrogen) atoms. The van der Waals surface area contributed by atoms with E-state index in [1.807, 2.05) is 26.0 Å². The fourth-order valence-electron chi connectivity index (χ4n) is 3.12. The highest BCUT2D eigenvalue weighted by Crippen LogP contribution is 2.29. The molecule has 6 nitrogen and oxygen atoms in total. The second kappa shape index (κ2) is 10.2. The van der Waals surface area contributed by atoms with Crippen molar-refractivity contribution in [2.24, 2.45) is 0 Å². The Bertz CT molecular complexity index is 1060. The molecule has 8 heteroatoms. The molecule has 0 amide bonds. The molecule has 0 spiro atoms. The van der Waals surface area contributed by atoms with Gasteiger partial charge in [-0.2, -0.15) is 0 Å². The summed E-state index contributed by atoms with van der Waals surface area (Å²) in [5, 5.41) is 10.3. The Morgan fingerprint density at radius 3 is 2.48 bits per heavy atom. The van der Waals surface area contributed by atoms with E-state index in [1.54, 1.807) is 31.2 Å². The first-order valence-electron chi connectivity index (χ1n) is 9.76. The molecule has 0 aliphatic rings. The Kier molecular flexibility index (Phi) is 7.59.